The number of carbonyl (C=O) groups excluding carboxylic acids is 1. The first-order chi connectivity index (χ1) is 8.21. The first-order valence-electron chi connectivity index (χ1n) is 5.46. The summed E-state index contributed by atoms with van der Waals surface area (Å²) in [7, 11) is 1.53. The number of likely N-dealkylation sites (N-methyl/N-ethyl adjacent to an activating group) is 1. The average Bonchev–Trinajstić information content (AvgIpc) is 2.37. The van der Waals surface area contributed by atoms with Crippen LogP contribution >= 0.6 is 0 Å². The Morgan fingerprint density at radius 3 is 2.88 bits per heavy atom. The standard InChI is InChI=1S/C12H15NO4/c1-3-13-9-4-8(6-14)5-10(16-2)12(9)17-7-11(13)15/h4-5,14H,3,6-7H2,1-2H3. The zero-order valence-electron chi connectivity index (χ0n) is 9.90. The van der Waals surface area contributed by atoms with Crippen LogP contribution in [0.25, 0.3) is 0 Å². The van der Waals surface area contributed by atoms with E-state index in [4.69, 9.17) is 9.47 Å². The zero-order chi connectivity index (χ0) is 12.4. The van der Waals surface area contributed by atoms with E-state index in [1.165, 1.54) is 7.11 Å². The van der Waals surface area contributed by atoms with Gasteiger partial charge < -0.3 is 19.5 Å². The third kappa shape index (κ3) is 1.93. The molecule has 0 radical (unpaired) electrons. The van der Waals surface area contributed by atoms with Crippen LogP contribution in [-0.2, 0) is 11.4 Å². The number of ether oxygens (including phenoxy) is 2. The van der Waals surface area contributed by atoms with Crippen LogP contribution in [0, 0.1) is 0 Å². The maximum absolute atomic E-state index is 11.7. The summed E-state index contributed by atoms with van der Waals surface area (Å²) in [5, 5.41) is 9.18. The van der Waals surface area contributed by atoms with E-state index in [0.717, 1.165) is 0 Å². The SMILES string of the molecule is CCN1C(=O)COc2c(OC)cc(CO)cc21. The molecular formula is C12H15NO4. The lowest BCUT2D eigenvalue weighted by atomic mass is 10.1. The molecule has 92 valence electrons. The minimum atomic E-state index is -0.102. The summed E-state index contributed by atoms with van der Waals surface area (Å²) in [6.07, 6.45) is 0. The predicted octanol–water partition coefficient (Wildman–Crippen LogP) is 0.933. The van der Waals surface area contributed by atoms with Crippen molar-refractivity contribution in [2.45, 2.75) is 13.5 Å². The molecule has 0 aromatic heterocycles. The van der Waals surface area contributed by atoms with E-state index in [0.29, 0.717) is 29.3 Å². The molecule has 0 unspecified atom stereocenters. The molecule has 0 saturated heterocycles. The van der Waals surface area contributed by atoms with E-state index in [1.807, 2.05) is 6.92 Å². The van der Waals surface area contributed by atoms with E-state index in [9.17, 15) is 9.90 Å². The smallest absolute Gasteiger partial charge is 0.265 e. The molecule has 5 nitrogen and oxygen atoms in total. The summed E-state index contributed by atoms with van der Waals surface area (Å²) >= 11 is 0. The minimum Gasteiger partial charge on any atom is -0.493 e. The van der Waals surface area contributed by atoms with E-state index in [1.54, 1.807) is 17.0 Å². The Hall–Kier alpha value is -1.75. The van der Waals surface area contributed by atoms with Crippen LogP contribution in [0.1, 0.15) is 12.5 Å². The monoisotopic (exact) mass is 237 g/mol. The molecule has 1 heterocycles. The van der Waals surface area contributed by atoms with Gasteiger partial charge in [0.1, 0.15) is 0 Å². The topological polar surface area (TPSA) is 59.0 Å². The molecule has 1 aliphatic heterocycles. The summed E-state index contributed by atoms with van der Waals surface area (Å²) in [5.74, 6) is 1.01. The van der Waals surface area contributed by atoms with Crippen molar-refractivity contribution < 1.29 is 19.4 Å². The summed E-state index contributed by atoms with van der Waals surface area (Å²) in [6, 6.07) is 3.46. The number of methoxy groups -OCH3 is 1. The number of benzene rings is 1. The normalized spacial score (nSPS) is 14.3. The van der Waals surface area contributed by atoms with Crippen molar-refractivity contribution in [2.24, 2.45) is 0 Å². The first-order valence-corrected chi connectivity index (χ1v) is 5.46. The number of carbonyl (C=O) groups is 1. The van der Waals surface area contributed by atoms with Gasteiger partial charge in [0, 0.05) is 6.54 Å². The predicted molar refractivity (Wildman–Crippen MR) is 62.4 cm³/mol. The van der Waals surface area contributed by atoms with Crippen LogP contribution in [0.15, 0.2) is 12.1 Å². The molecule has 0 saturated carbocycles. The van der Waals surface area contributed by atoms with Crippen LogP contribution in [0.4, 0.5) is 5.69 Å². The molecular weight excluding hydrogens is 222 g/mol. The van der Waals surface area contributed by atoms with Crippen molar-refractivity contribution in [3.8, 4) is 11.5 Å². The van der Waals surface area contributed by atoms with Gasteiger partial charge in [0.05, 0.1) is 19.4 Å². The Morgan fingerprint density at radius 1 is 1.53 bits per heavy atom. The molecule has 0 fully saturated rings. The third-order valence-electron chi connectivity index (χ3n) is 2.75. The van der Waals surface area contributed by atoms with Gasteiger partial charge in [-0.2, -0.15) is 0 Å². The van der Waals surface area contributed by atoms with Crippen molar-refractivity contribution in [1.82, 2.24) is 0 Å². The Kier molecular flexibility index (Phi) is 3.19. The lowest BCUT2D eigenvalue weighted by Gasteiger charge is -2.29. The molecule has 1 aromatic carbocycles. The van der Waals surface area contributed by atoms with Gasteiger partial charge in [-0.15, -0.1) is 0 Å². The number of anilines is 1. The number of nitrogens with zero attached hydrogens (tertiary/aromatic N) is 1. The van der Waals surface area contributed by atoms with Crippen molar-refractivity contribution in [1.29, 1.82) is 0 Å². The second-order valence-electron chi connectivity index (χ2n) is 3.73. The maximum atomic E-state index is 11.7. The van der Waals surface area contributed by atoms with Crippen molar-refractivity contribution >= 4 is 11.6 Å². The summed E-state index contributed by atoms with van der Waals surface area (Å²) in [6.45, 7) is 2.38. The van der Waals surface area contributed by atoms with E-state index >= 15 is 0 Å². The molecule has 0 spiro atoms. The Bertz CT molecular complexity index is 444. The van der Waals surface area contributed by atoms with Gasteiger partial charge in [0.25, 0.3) is 5.91 Å². The number of hydrogen-bond acceptors (Lipinski definition) is 4. The van der Waals surface area contributed by atoms with Gasteiger partial charge in [-0.05, 0) is 24.6 Å². The van der Waals surface area contributed by atoms with Gasteiger partial charge in [-0.25, -0.2) is 0 Å². The fourth-order valence-electron chi connectivity index (χ4n) is 1.92. The Balaban J connectivity index is 2.56. The van der Waals surface area contributed by atoms with Gasteiger partial charge in [0.2, 0.25) is 0 Å². The number of aliphatic hydroxyl groups excluding tert-OH is 1. The van der Waals surface area contributed by atoms with E-state index < -0.39 is 0 Å². The van der Waals surface area contributed by atoms with Crippen molar-refractivity contribution in [2.75, 3.05) is 25.2 Å². The Morgan fingerprint density at radius 2 is 2.29 bits per heavy atom. The molecule has 1 aliphatic rings. The lowest BCUT2D eigenvalue weighted by molar-refractivity contribution is -0.121. The lowest BCUT2D eigenvalue weighted by Crippen LogP contribution is -2.38. The first kappa shape index (κ1) is 11.7. The zero-order valence-corrected chi connectivity index (χ0v) is 9.90. The van der Waals surface area contributed by atoms with Crippen LogP contribution in [0.5, 0.6) is 11.5 Å². The van der Waals surface area contributed by atoms with Crippen molar-refractivity contribution in [3.63, 3.8) is 0 Å². The quantitative estimate of drug-likeness (QED) is 0.849. The number of rotatable bonds is 3. The maximum Gasteiger partial charge on any atom is 0.265 e. The minimum absolute atomic E-state index is 0.0235. The van der Waals surface area contributed by atoms with Crippen LogP contribution in [0.3, 0.4) is 0 Å². The van der Waals surface area contributed by atoms with Crippen molar-refractivity contribution in [3.05, 3.63) is 17.7 Å². The molecule has 2 rings (SSSR count). The van der Waals surface area contributed by atoms with Gasteiger partial charge >= 0.3 is 0 Å². The van der Waals surface area contributed by atoms with E-state index in [2.05, 4.69) is 0 Å². The highest BCUT2D eigenvalue weighted by atomic mass is 16.5. The number of aliphatic hydroxyl groups is 1. The molecule has 1 N–H and O–H groups in total. The summed E-state index contributed by atoms with van der Waals surface area (Å²) in [5.41, 5.74) is 1.35. The second-order valence-corrected chi connectivity index (χ2v) is 3.73. The molecule has 17 heavy (non-hydrogen) atoms. The molecule has 0 bridgehead atoms. The summed E-state index contributed by atoms with van der Waals surface area (Å²) < 4.78 is 10.6. The summed E-state index contributed by atoms with van der Waals surface area (Å²) in [4.78, 5) is 13.3. The van der Waals surface area contributed by atoms with Crippen LogP contribution < -0.4 is 14.4 Å². The fraction of sp³-hybridized carbons (Fsp3) is 0.417. The van der Waals surface area contributed by atoms with Gasteiger partial charge in [-0.3, -0.25) is 4.79 Å². The largest absolute Gasteiger partial charge is 0.493 e. The third-order valence-corrected chi connectivity index (χ3v) is 2.75. The number of hydrogen-bond donors (Lipinski definition) is 1. The van der Waals surface area contributed by atoms with Gasteiger partial charge in [0.15, 0.2) is 18.1 Å². The highest BCUT2D eigenvalue weighted by Crippen LogP contribution is 2.41. The van der Waals surface area contributed by atoms with Crippen LogP contribution in [-0.4, -0.2) is 31.3 Å². The van der Waals surface area contributed by atoms with Gasteiger partial charge in [-0.1, -0.05) is 0 Å². The molecule has 1 amide bonds. The molecule has 0 atom stereocenters. The average molecular weight is 237 g/mol. The molecule has 5 heteroatoms. The highest BCUT2D eigenvalue weighted by molar-refractivity contribution is 5.98. The molecule has 1 aromatic rings. The fourth-order valence-corrected chi connectivity index (χ4v) is 1.92. The number of fused-ring (bicyclic) bond motifs is 1. The Labute approximate surface area is 99.6 Å². The number of amides is 1. The molecule has 0 aliphatic carbocycles. The highest BCUT2D eigenvalue weighted by Gasteiger charge is 2.27. The van der Waals surface area contributed by atoms with Crippen LogP contribution in [0.2, 0.25) is 0 Å². The second kappa shape index (κ2) is 4.63. The van der Waals surface area contributed by atoms with E-state index in [-0.39, 0.29) is 19.1 Å².